The van der Waals surface area contributed by atoms with Crippen LogP contribution in [0.15, 0.2) is 83.3 Å². The van der Waals surface area contributed by atoms with Gasteiger partial charge in [-0.15, -0.1) is 0 Å². The van der Waals surface area contributed by atoms with Crippen molar-refractivity contribution in [3.8, 4) is 5.75 Å². The van der Waals surface area contributed by atoms with Gasteiger partial charge in [0.15, 0.2) is 5.76 Å². The quantitative estimate of drug-likeness (QED) is 0.384. The summed E-state index contributed by atoms with van der Waals surface area (Å²) in [5, 5.41) is 5.13. The van der Waals surface area contributed by atoms with E-state index in [1.165, 1.54) is 6.92 Å². The molecule has 0 aliphatic rings. The molecule has 33 heavy (non-hydrogen) atoms. The summed E-state index contributed by atoms with van der Waals surface area (Å²) in [6.45, 7) is 4.69. The molecule has 2 amide bonds. The topological polar surface area (TPSA) is 71.8 Å². The maximum atomic E-state index is 12.8. The molecule has 0 spiro atoms. The normalized spacial score (nSPS) is 10.7. The van der Waals surface area contributed by atoms with Crippen molar-refractivity contribution >= 4 is 28.3 Å². The lowest BCUT2D eigenvalue weighted by molar-refractivity contribution is -0.129. The van der Waals surface area contributed by atoms with Crippen molar-refractivity contribution in [2.24, 2.45) is 0 Å². The van der Waals surface area contributed by atoms with Crippen LogP contribution in [0.2, 0.25) is 0 Å². The number of carbonyl (C=O) groups is 2. The van der Waals surface area contributed by atoms with E-state index in [0.717, 1.165) is 22.1 Å². The highest BCUT2D eigenvalue weighted by Crippen LogP contribution is 2.23. The highest BCUT2D eigenvalue weighted by atomic mass is 16.5. The van der Waals surface area contributed by atoms with Gasteiger partial charge >= 0.3 is 0 Å². The van der Waals surface area contributed by atoms with Crippen LogP contribution in [0.3, 0.4) is 0 Å². The molecule has 0 saturated heterocycles. The molecule has 6 nitrogen and oxygen atoms in total. The lowest BCUT2D eigenvalue weighted by atomic mass is 10.1. The minimum atomic E-state index is -0.356. The van der Waals surface area contributed by atoms with Crippen molar-refractivity contribution in [3.63, 3.8) is 0 Å². The van der Waals surface area contributed by atoms with Crippen LogP contribution in [0.25, 0.3) is 10.8 Å². The Hall–Kier alpha value is -4.06. The van der Waals surface area contributed by atoms with E-state index in [9.17, 15) is 9.59 Å². The van der Waals surface area contributed by atoms with Crippen molar-refractivity contribution in [2.75, 3.05) is 11.9 Å². The average molecular weight is 443 g/mol. The molecule has 0 radical (unpaired) electrons. The summed E-state index contributed by atoms with van der Waals surface area (Å²) in [7, 11) is 0. The number of ether oxygens (including phenoxy) is 1. The van der Waals surface area contributed by atoms with E-state index in [1.54, 1.807) is 17.0 Å². The van der Waals surface area contributed by atoms with Crippen LogP contribution in [0, 0.1) is 0 Å². The molecule has 1 heterocycles. The number of hydrogen-bond donors (Lipinski definition) is 1. The second kappa shape index (κ2) is 10.0. The van der Waals surface area contributed by atoms with Gasteiger partial charge in [-0.2, -0.15) is 0 Å². The molecule has 6 heteroatoms. The molecule has 4 aromatic rings. The zero-order chi connectivity index (χ0) is 23.2. The van der Waals surface area contributed by atoms with Gasteiger partial charge < -0.3 is 19.4 Å². The summed E-state index contributed by atoms with van der Waals surface area (Å²) in [4.78, 5) is 26.2. The Morgan fingerprint density at radius 1 is 0.939 bits per heavy atom. The third-order valence-corrected chi connectivity index (χ3v) is 5.44. The van der Waals surface area contributed by atoms with E-state index in [1.807, 2.05) is 67.6 Å². The zero-order valence-electron chi connectivity index (χ0n) is 18.7. The number of para-hydroxylation sites is 1. The number of nitrogens with zero attached hydrogens (tertiary/aromatic N) is 1. The number of benzene rings is 3. The summed E-state index contributed by atoms with van der Waals surface area (Å²) in [6.07, 6.45) is 0. The first-order chi connectivity index (χ1) is 16.0. The molecule has 1 aromatic heterocycles. The number of nitrogens with one attached hydrogen (secondary N) is 1. The first-order valence-electron chi connectivity index (χ1n) is 10.9. The van der Waals surface area contributed by atoms with Crippen molar-refractivity contribution in [3.05, 3.63) is 95.9 Å². The molecule has 168 valence electrons. The standard InChI is InChI=1S/C27H26N2O4/c1-3-29(19(2)30)17-22-10-6-7-11-25(22)28-27(31)26-15-14-24(33-26)18-32-23-13-12-20-8-4-5-9-21(20)16-23/h4-16H,3,17-18H2,1-2H3,(H,28,31). The predicted molar refractivity (Wildman–Crippen MR) is 128 cm³/mol. The molecule has 0 saturated carbocycles. The smallest absolute Gasteiger partial charge is 0.291 e. The Labute approximate surface area is 192 Å². The number of rotatable bonds is 8. The number of amides is 2. The molecule has 0 bridgehead atoms. The number of anilines is 1. The number of fused-ring (bicyclic) bond motifs is 1. The Morgan fingerprint density at radius 3 is 2.48 bits per heavy atom. The van der Waals surface area contributed by atoms with Gasteiger partial charge in [-0.3, -0.25) is 9.59 Å². The summed E-state index contributed by atoms with van der Waals surface area (Å²) >= 11 is 0. The monoisotopic (exact) mass is 442 g/mol. The summed E-state index contributed by atoms with van der Waals surface area (Å²) in [6, 6.07) is 24.8. The Bertz CT molecular complexity index is 1280. The van der Waals surface area contributed by atoms with Crippen LogP contribution in [0.1, 0.15) is 35.7 Å². The van der Waals surface area contributed by atoms with Crippen LogP contribution < -0.4 is 10.1 Å². The summed E-state index contributed by atoms with van der Waals surface area (Å²) in [5.74, 6) is 1.11. The van der Waals surface area contributed by atoms with E-state index in [0.29, 0.717) is 24.5 Å². The van der Waals surface area contributed by atoms with Gasteiger partial charge in [-0.1, -0.05) is 48.5 Å². The predicted octanol–water partition coefficient (Wildman–Crippen LogP) is 5.63. The maximum Gasteiger partial charge on any atom is 0.291 e. The minimum absolute atomic E-state index is 0.0132. The number of carbonyl (C=O) groups excluding carboxylic acids is 2. The van der Waals surface area contributed by atoms with Crippen molar-refractivity contribution in [2.45, 2.75) is 27.0 Å². The van der Waals surface area contributed by atoms with Crippen LogP contribution in [0.5, 0.6) is 5.75 Å². The highest BCUT2D eigenvalue weighted by Gasteiger charge is 2.15. The van der Waals surface area contributed by atoms with E-state index in [-0.39, 0.29) is 24.2 Å². The molecular weight excluding hydrogens is 416 g/mol. The lowest BCUT2D eigenvalue weighted by Gasteiger charge is -2.20. The molecule has 3 aromatic carbocycles. The van der Waals surface area contributed by atoms with Gasteiger partial charge in [0.25, 0.3) is 5.91 Å². The first kappa shape index (κ1) is 22.1. The molecule has 0 unspecified atom stereocenters. The fourth-order valence-corrected chi connectivity index (χ4v) is 3.60. The SMILES string of the molecule is CCN(Cc1ccccc1NC(=O)c1ccc(COc2ccc3ccccc3c2)o1)C(C)=O. The average Bonchev–Trinajstić information content (AvgIpc) is 3.31. The Kier molecular flexibility index (Phi) is 6.74. The number of hydrogen-bond acceptors (Lipinski definition) is 4. The molecule has 0 aliphatic carbocycles. The van der Waals surface area contributed by atoms with E-state index in [2.05, 4.69) is 11.4 Å². The second-order valence-corrected chi connectivity index (χ2v) is 7.71. The molecule has 0 aliphatic heterocycles. The fraction of sp³-hybridized carbons (Fsp3) is 0.185. The van der Waals surface area contributed by atoms with Crippen molar-refractivity contribution in [1.82, 2.24) is 4.90 Å². The van der Waals surface area contributed by atoms with Crippen LogP contribution >= 0.6 is 0 Å². The summed E-state index contributed by atoms with van der Waals surface area (Å²) in [5.41, 5.74) is 1.50. The van der Waals surface area contributed by atoms with E-state index >= 15 is 0 Å². The third kappa shape index (κ3) is 5.41. The second-order valence-electron chi connectivity index (χ2n) is 7.71. The molecule has 0 fully saturated rings. The zero-order valence-corrected chi connectivity index (χ0v) is 18.7. The third-order valence-electron chi connectivity index (χ3n) is 5.44. The Morgan fingerprint density at radius 2 is 1.70 bits per heavy atom. The van der Waals surface area contributed by atoms with E-state index < -0.39 is 0 Å². The van der Waals surface area contributed by atoms with Gasteiger partial charge in [-0.05, 0) is 53.6 Å². The lowest BCUT2D eigenvalue weighted by Crippen LogP contribution is -2.28. The highest BCUT2D eigenvalue weighted by molar-refractivity contribution is 6.02. The van der Waals surface area contributed by atoms with Crippen LogP contribution in [0.4, 0.5) is 5.69 Å². The van der Waals surface area contributed by atoms with Crippen LogP contribution in [-0.2, 0) is 17.9 Å². The van der Waals surface area contributed by atoms with Gasteiger partial charge in [0.05, 0.1) is 0 Å². The molecule has 1 N–H and O–H groups in total. The van der Waals surface area contributed by atoms with Crippen molar-refractivity contribution in [1.29, 1.82) is 0 Å². The van der Waals surface area contributed by atoms with E-state index in [4.69, 9.17) is 9.15 Å². The van der Waals surface area contributed by atoms with Gasteiger partial charge in [0, 0.05) is 25.7 Å². The Balaban J connectivity index is 1.40. The minimum Gasteiger partial charge on any atom is -0.486 e. The van der Waals surface area contributed by atoms with Gasteiger partial charge in [-0.25, -0.2) is 0 Å². The largest absolute Gasteiger partial charge is 0.486 e. The molecule has 4 rings (SSSR count). The molecular formula is C27H26N2O4. The fourth-order valence-electron chi connectivity index (χ4n) is 3.60. The summed E-state index contributed by atoms with van der Waals surface area (Å²) < 4.78 is 11.6. The van der Waals surface area contributed by atoms with Crippen molar-refractivity contribution < 1.29 is 18.7 Å². The maximum absolute atomic E-state index is 12.8. The first-order valence-corrected chi connectivity index (χ1v) is 10.9. The van der Waals surface area contributed by atoms with Crippen LogP contribution in [-0.4, -0.2) is 23.3 Å². The van der Waals surface area contributed by atoms with Gasteiger partial charge in [0.2, 0.25) is 5.91 Å². The number of furan rings is 1. The molecule has 0 atom stereocenters. The van der Waals surface area contributed by atoms with Gasteiger partial charge in [0.1, 0.15) is 18.1 Å².